The molecule has 0 radical (unpaired) electrons. The van der Waals surface area contributed by atoms with Crippen LogP contribution >= 0.6 is 11.3 Å². The van der Waals surface area contributed by atoms with E-state index >= 15 is 0 Å². The van der Waals surface area contributed by atoms with Crippen molar-refractivity contribution in [3.63, 3.8) is 0 Å². The molecule has 1 aromatic carbocycles. The zero-order valence-electron chi connectivity index (χ0n) is 13.6. The van der Waals surface area contributed by atoms with Crippen LogP contribution in [0, 0.1) is 0 Å². The average Bonchev–Trinajstić information content (AvgIpc) is 3.34. The van der Waals surface area contributed by atoms with E-state index in [9.17, 15) is 4.79 Å². The van der Waals surface area contributed by atoms with Crippen LogP contribution in [-0.2, 0) is 0 Å². The number of rotatable bonds is 3. The third-order valence-electron chi connectivity index (χ3n) is 4.27. The first-order valence-electron chi connectivity index (χ1n) is 8.28. The van der Waals surface area contributed by atoms with Gasteiger partial charge in [-0.15, -0.1) is 11.3 Å². The first kappa shape index (κ1) is 15.8. The number of amides is 2. The van der Waals surface area contributed by atoms with Gasteiger partial charge in [-0.2, -0.15) is 4.98 Å². The zero-order valence-corrected chi connectivity index (χ0v) is 14.4. The molecule has 0 bridgehead atoms. The number of carbonyl (C=O) groups is 1. The van der Waals surface area contributed by atoms with E-state index in [0.29, 0.717) is 18.3 Å². The Morgan fingerprint density at radius 1 is 1.24 bits per heavy atom. The summed E-state index contributed by atoms with van der Waals surface area (Å²) in [5.74, 6) is 1.31. The predicted octanol–water partition coefficient (Wildman–Crippen LogP) is 4.21. The van der Waals surface area contributed by atoms with E-state index in [2.05, 4.69) is 15.5 Å². The Morgan fingerprint density at radius 2 is 2.12 bits per heavy atom. The summed E-state index contributed by atoms with van der Waals surface area (Å²) in [5.41, 5.74) is 0.799. The topological polar surface area (TPSA) is 71.3 Å². The first-order chi connectivity index (χ1) is 12.3. The van der Waals surface area contributed by atoms with Gasteiger partial charge in [-0.1, -0.05) is 29.4 Å². The van der Waals surface area contributed by atoms with Crippen molar-refractivity contribution in [1.29, 1.82) is 0 Å². The molecule has 4 rings (SSSR count). The van der Waals surface area contributed by atoms with Crippen LogP contribution in [0.1, 0.15) is 24.7 Å². The molecule has 7 heteroatoms. The molecule has 1 saturated heterocycles. The molecule has 1 atom stereocenters. The summed E-state index contributed by atoms with van der Waals surface area (Å²) in [6, 6.07) is 13.3. The predicted molar refractivity (Wildman–Crippen MR) is 96.6 cm³/mol. The van der Waals surface area contributed by atoms with Gasteiger partial charge in [0.05, 0.1) is 10.8 Å². The average molecular weight is 354 g/mol. The molecule has 3 heterocycles. The molecule has 0 saturated carbocycles. The fourth-order valence-corrected chi connectivity index (χ4v) is 3.64. The number of piperidine rings is 1. The Balaban J connectivity index is 1.43. The van der Waals surface area contributed by atoms with Crippen molar-refractivity contribution in [2.45, 2.75) is 18.8 Å². The van der Waals surface area contributed by atoms with Crippen molar-refractivity contribution in [1.82, 2.24) is 15.0 Å². The Kier molecular flexibility index (Phi) is 4.47. The second-order valence-corrected chi connectivity index (χ2v) is 6.96. The zero-order chi connectivity index (χ0) is 17.1. The number of anilines is 1. The first-order valence-corrected chi connectivity index (χ1v) is 9.16. The fourth-order valence-electron chi connectivity index (χ4n) is 2.99. The van der Waals surface area contributed by atoms with Crippen LogP contribution in [0.4, 0.5) is 10.5 Å². The molecular formula is C18H18N4O2S. The largest absolute Gasteiger partial charge is 0.339 e. The number of thiophene rings is 1. The third-order valence-corrected chi connectivity index (χ3v) is 5.13. The van der Waals surface area contributed by atoms with Crippen molar-refractivity contribution in [2.75, 3.05) is 18.4 Å². The van der Waals surface area contributed by atoms with Crippen LogP contribution in [-0.4, -0.2) is 34.2 Å². The number of hydrogen-bond acceptors (Lipinski definition) is 5. The summed E-state index contributed by atoms with van der Waals surface area (Å²) in [7, 11) is 0. The molecule has 3 aromatic rings. The summed E-state index contributed by atoms with van der Waals surface area (Å²) in [6.45, 7) is 1.33. The summed E-state index contributed by atoms with van der Waals surface area (Å²) in [6.07, 6.45) is 1.87. The number of hydrogen-bond donors (Lipinski definition) is 1. The molecule has 0 aliphatic carbocycles. The number of benzene rings is 1. The second-order valence-electron chi connectivity index (χ2n) is 6.01. The standard InChI is InChI=1S/C18H18N4O2S/c23-18(19-14-7-2-1-3-8-14)22-10-4-6-13(12-22)17-20-16(21-24-17)15-9-5-11-25-15/h1-3,5,7-9,11,13H,4,6,10,12H2,(H,19,23)/t13-/m0/s1. The third kappa shape index (κ3) is 3.56. The molecule has 1 aliphatic heterocycles. The second kappa shape index (κ2) is 7.06. The lowest BCUT2D eigenvalue weighted by atomic mass is 9.98. The number of likely N-dealkylation sites (tertiary alicyclic amines) is 1. The minimum absolute atomic E-state index is 0.0801. The number of nitrogens with one attached hydrogen (secondary N) is 1. The summed E-state index contributed by atoms with van der Waals surface area (Å²) in [5, 5.41) is 9.00. The Bertz CT molecular complexity index is 832. The minimum Gasteiger partial charge on any atom is -0.339 e. The van der Waals surface area contributed by atoms with Gasteiger partial charge in [-0.05, 0) is 36.4 Å². The van der Waals surface area contributed by atoms with E-state index in [1.807, 2.05) is 52.7 Å². The lowest BCUT2D eigenvalue weighted by Gasteiger charge is -2.31. The van der Waals surface area contributed by atoms with E-state index in [4.69, 9.17) is 4.52 Å². The molecular weight excluding hydrogens is 336 g/mol. The van der Waals surface area contributed by atoms with E-state index in [1.54, 1.807) is 11.3 Å². The van der Waals surface area contributed by atoms with Crippen LogP contribution in [0.15, 0.2) is 52.4 Å². The summed E-state index contributed by atoms with van der Waals surface area (Å²) >= 11 is 1.58. The molecule has 128 valence electrons. The van der Waals surface area contributed by atoms with E-state index in [-0.39, 0.29) is 11.9 Å². The van der Waals surface area contributed by atoms with Crippen LogP contribution in [0.5, 0.6) is 0 Å². The quantitative estimate of drug-likeness (QED) is 0.765. The van der Waals surface area contributed by atoms with Crippen molar-refractivity contribution < 1.29 is 9.32 Å². The Hall–Kier alpha value is -2.67. The molecule has 2 amide bonds. The van der Waals surface area contributed by atoms with Crippen LogP contribution in [0.25, 0.3) is 10.7 Å². The highest BCUT2D eigenvalue weighted by molar-refractivity contribution is 7.13. The van der Waals surface area contributed by atoms with E-state index < -0.39 is 0 Å². The van der Waals surface area contributed by atoms with Gasteiger partial charge in [0.2, 0.25) is 11.7 Å². The van der Waals surface area contributed by atoms with E-state index in [1.165, 1.54) is 0 Å². The van der Waals surface area contributed by atoms with Gasteiger partial charge in [0.15, 0.2) is 0 Å². The van der Waals surface area contributed by atoms with Gasteiger partial charge < -0.3 is 14.7 Å². The van der Waals surface area contributed by atoms with Crippen molar-refractivity contribution in [2.24, 2.45) is 0 Å². The van der Waals surface area contributed by atoms with Gasteiger partial charge >= 0.3 is 6.03 Å². The van der Waals surface area contributed by atoms with Gasteiger partial charge in [-0.25, -0.2) is 4.79 Å². The lowest BCUT2D eigenvalue weighted by molar-refractivity contribution is 0.184. The number of urea groups is 1. The SMILES string of the molecule is O=C(Nc1ccccc1)N1CCC[C@H](c2nc(-c3cccs3)no2)C1. The highest BCUT2D eigenvalue weighted by Crippen LogP contribution is 2.29. The summed E-state index contributed by atoms with van der Waals surface area (Å²) < 4.78 is 5.46. The molecule has 1 fully saturated rings. The van der Waals surface area contributed by atoms with Crippen molar-refractivity contribution >= 4 is 23.1 Å². The molecule has 6 nitrogen and oxygen atoms in total. The molecule has 0 unspecified atom stereocenters. The number of carbonyl (C=O) groups excluding carboxylic acids is 1. The van der Waals surface area contributed by atoms with E-state index in [0.717, 1.165) is 30.0 Å². The maximum Gasteiger partial charge on any atom is 0.321 e. The number of para-hydroxylation sites is 1. The van der Waals surface area contributed by atoms with Gasteiger partial charge in [0.1, 0.15) is 0 Å². The molecule has 2 aromatic heterocycles. The van der Waals surface area contributed by atoms with Crippen molar-refractivity contribution in [3.05, 3.63) is 53.7 Å². The highest BCUT2D eigenvalue weighted by Gasteiger charge is 2.28. The van der Waals surface area contributed by atoms with Crippen molar-refractivity contribution in [3.8, 4) is 10.7 Å². The molecule has 1 aliphatic rings. The molecule has 1 N–H and O–H groups in total. The number of aromatic nitrogens is 2. The summed E-state index contributed by atoms with van der Waals surface area (Å²) in [4.78, 5) is 19.8. The van der Waals surface area contributed by atoms with Gasteiger partial charge in [-0.3, -0.25) is 0 Å². The fraction of sp³-hybridized carbons (Fsp3) is 0.278. The Morgan fingerprint density at radius 3 is 2.92 bits per heavy atom. The highest BCUT2D eigenvalue weighted by atomic mass is 32.1. The maximum atomic E-state index is 12.5. The number of nitrogens with zero attached hydrogens (tertiary/aromatic N) is 3. The minimum atomic E-state index is -0.0890. The van der Waals surface area contributed by atoms with Crippen LogP contribution in [0.3, 0.4) is 0 Å². The monoisotopic (exact) mass is 354 g/mol. The normalized spacial score (nSPS) is 17.4. The molecule has 25 heavy (non-hydrogen) atoms. The maximum absolute atomic E-state index is 12.5. The van der Waals surface area contributed by atoms with Gasteiger partial charge in [0.25, 0.3) is 0 Å². The smallest absolute Gasteiger partial charge is 0.321 e. The lowest BCUT2D eigenvalue weighted by Crippen LogP contribution is -2.41. The Labute approximate surface area is 149 Å². The molecule has 0 spiro atoms. The van der Waals surface area contributed by atoms with Gasteiger partial charge in [0, 0.05) is 18.8 Å². The van der Waals surface area contributed by atoms with Crippen LogP contribution in [0.2, 0.25) is 0 Å². The van der Waals surface area contributed by atoms with Crippen LogP contribution < -0.4 is 5.32 Å².